The predicted octanol–water partition coefficient (Wildman–Crippen LogP) is 1.78. The van der Waals surface area contributed by atoms with Gasteiger partial charge in [-0.15, -0.1) is 0 Å². The van der Waals surface area contributed by atoms with E-state index in [1.165, 1.54) is 0 Å². The lowest BCUT2D eigenvalue weighted by Crippen LogP contribution is -2.35. The van der Waals surface area contributed by atoms with Gasteiger partial charge in [0.25, 0.3) is 0 Å². The highest BCUT2D eigenvalue weighted by Gasteiger charge is 2.33. The Labute approximate surface area is 142 Å². The van der Waals surface area contributed by atoms with Crippen molar-refractivity contribution in [3.8, 4) is 23.0 Å². The van der Waals surface area contributed by atoms with Gasteiger partial charge in [0, 0.05) is 30.1 Å². The Kier molecular flexibility index (Phi) is 5.06. The average Bonchev–Trinajstić information content (AvgIpc) is 3.02. The quantitative estimate of drug-likeness (QED) is 0.734. The van der Waals surface area contributed by atoms with E-state index in [1.807, 2.05) is 20.8 Å². The zero-order valence-corrected chi connectivity index (χ0v) is 14.6. The van der Waals surface area contributed by atoms with E-state index in [-0.39, 0.29) is 18.5 Å². The first-order valence-corrected chi connectivity index (χ1v) is 8.71. The van der Waals surface area contributed by atoms with E-state index in [1.54, 1.807) is 0 Å². The van der Waals surface area contributed by atoms with Crippen molar-refractivity contribution in [1.82, 2.24) is 5.32 Å². The smallest absolute Gasteiger partial charge is 0.204 e. The molecule has 0 amide bonds. The van der Waals surface area contributed by atoms with Crippen LogP contribution in [0.1, 0.15) is 38.3 Å². The largest absolute Gasteiger partial charge is 0.507 e. The van der Waals surface area contributed by atoms with Gasteiger partial charge >= 0.3 is 0 Å². The molecule has 1 aromatic carbocycles. The number of phenols is 1. The Morgan fingerprint density at radius 3 is 2.75 bits per heavy atom. The second-order valence-electron chi connectivity index (χ2n) is 6.89. The summed E-state index contributed by atoms with van der Waals surface area (Å²) in [5, 5.41) is 23.8. The van der Waals surface area contributed by atoms with Crippen LogP contribution >= 0.6 is 0 Å². The molecule has 2 aliphatic rings. The number of hydrogen-bond donors (Lipinski definition) is 3. The molecular weight excluding hydrogens is 310 g/mol. The van der Waals surface area contributed by atoms with Gasteiger partial charge in [-0.2, -0.15) is 0 Å². The summed E-state index contributed by atoms with van der Waals surface area (Å²) in [5.41, 5.74) is 1.58. The van der Waals surface area contributed by atoms with Gasteiger partial charge in [-0.1, -0.05) is 13.8 Å². The van der Waals surface area contributed by atoms with E-state index in [0.717, 1.165) is 24.0 Å². The minimum absolute atomic E-state index is 0.0613. The third-order valence-electron chi connectivity index (χ3n) is 4.43. The van der Waals surface area contributed by atoms with Gasteiger partial charge in [0.15, 0.2) is 11.5 Å². The van der Waals surface area contributed by atoms with E-state index in [4.69, 9.17) is 14.2 Å². The second kappa shape index (κ2) is 7.07. The van der Waals surface area contributed by atoms with E-state index in [9.17, 15) is 10.2 Å². The SMILES string of the molecule is CC(C)NCC(O)COc1c2c(c(O)c3c1OC(C)CC3)CCO2. The van der Waals surface area contributed by atoms with Crippen molar-refractivity contribution in [2.45, 2.75) is 58.3 Å². The first-order valence-electron chi connectivity index (χ1n) is 8.71. The highest BCUT2D eigenvalue weighted by molar-refractivity contribution is 5.68. The van der Waals surface area contributed by atoms with Gasteiger partial charge in [-0.25, -0.2) is 0 Å². The zero-order chi connectivity index (χ0) is 17.3. The van der Waals surface area contributed by atoms with E-state index in [2.05, 4.69) is 5.32 Å². The Bertz CT molecular complexity index is 602. The van der Waals surface area contributed by atoms with Crippen molar-refractivity contribution < 1.29 is 24.4 Å². The highest BCUT2D eigenvalue weighted by Crippen LogP contribution is 2.53. The van der Waals surface area contributed by atoms with Crippen LogP contribution in [0.25, 0.3) is 0 Å². The van der Waals surface area contributed by atoms with Gasteiger partial charge in [0.1, 0.15) is 18.5 Å². The lowest BCUT2D eigenvalue weighted by Gasteiger charge is -2.28. The molecule has 0 radical (unpaired) electrons. The molecule has 24 heavy (non-hydrogen) atoms. The molecule has 2 aliphatic heterocycles. The Hall–Kier alpha value is -1.66. The maximum Gasteiger partial charge on any atom is 0.204 e. The maximum atomic E-state index is 10.5. The zero-order valence-electron chi connectivity index (χ0n) is 14.6. The molecule has 0 saturated carbocycles. The average molecular weight is 337 g/mol. The number of aromatic hydroxyl groups is 1. The fraction of sp³-hybridized carbons (Fsp3) is 0.667. The van der Waals surface area contributed by atoms with Crippen molar-refractivity contribution >= 4 is 0 Å². The number of hydrogen-bond acceptors (Lipinski definition) is 6. The van der Waals surface area contributed by atoms with Crippen LogP contribution < -0.4 is 19.5 Å². The van der Waals surface area contributed by atoms with Crippen molar-refractivity contribution in [3.05, 3.63) is 11.1 Å². The molecule has 0 aliphatic carbocycles. The van der Waals surface area contributed by atoms with Crippen LogP contribution in [0.15, 0.2) is 0 Å². The van der Waals surface area contributed by atoms with Gasteiger partial charge in [-0.3, -0.25) is 0 Å². The first kappa shape index (κ1) is 17.2. The molecule has 2 unspecified atom stereocenters. The maximum absolute atomic E-state index is 10.5. The fourth-order valence-corrected chi connectivity index (χ4v) is 3.12. The Morgan fingerprint density at radius 1 is 1.25 bits per heavy atom. The number of ether oxygens (including phenoxy) is 3. The van der Waals surface area contributed by atoms with Crippen LogP contribution in [0.3, 0.4) is 0 Å². The molecule has 3 N–H and O–H groups in total. The molecular formula is C18H27NO5. The van der Waals surface area contributed by atoms with Gasteiger partial charge < -0.3 is 29.7 Å². The van der Waals surface area contributed by atoms with E-state index in [0.29, 0.717) is 42.9 Å². The lowest BCUT2D eigenvalue weighted by molar-refractivity contribution is 0.0967. The molecule has 2 heterocycles. The Morgan fingerprint density at radius 2 is 2.00 bits per heavy atom. The molecule has 0 spiro atoms. The van der Waals surface area contributed by atoms with Crippen LogP contribution in [0, 0.1) is 0 Å². The van der Waals surface area contributed by atoms with Crippen LogP contribution in [0.5, 0.6) is 23.0 Å². The standard InChI is InChI=1S/C18H27NO5/c1-10(2)19-8-12(20)9-23-18-16-14(6-7-22-16)15(21)13-5-4-11(3)24-17(13)18/h10-12,19-21H,4-9H2,1-3H3. The summed E-state index contributed by atoms with van der Waals surface area (Å²) in [6.45, 7) is 7.18. The van der Waals surface area contributed by atoms with Gasteiger partial charge in [0.05, 0.1) is 12.7 Å². The molecule has 0 saturated heterocycles. The van der Waals surface area contributed by atoms with Crippen LogP contribution in [0.2, 0.25) is 0 Å². The van der Waals surface area contributed by atoms with E-state index < -0.39 is 6.10 Å². The number of rotatable bonds is 6. The first-order chi connectivity index (χ1) is 11.5. The number of phenolic OH excluding ortho intramolecular Hbond substituents is 1. The van der Waals surface area contributed by atoms with Crippen molar-refractivity contribution in [1.29, 1.82) is 0 Å². The van der Waals surface area contributed by atoms with Crippen LogP contribution in [0.4, 0.5) is 0 Å². The molecule has 1 aromatic rings. The predicted molar refractivity (Wildman–Crippen MR) is 90.4 cm³/mol. The van der Waals surface area contributed by atoms with Crippen LogP contribution in [-0.4, -0.2) is 48.2 Å². The van der Waals surface area contributed by atoms with Crippen molar-refractivity contribution in [2.75, 3.05) is 19.8 Å². The number of benzene rings is 1. The molecule has 0 aromatic heterocycles. The third-order valence-corrected chi connectivity index (χ3v) is 4.43. The summed E-state index contributed by atoms with van der Waals surface area (Å²) in [5.74, 6) is 1.92. The molecule has 6 nitrogen and oxygen atoms in total. The minimum atomic E-state index is -0.630. The summed E-state index contributed by atoms with van der Waals surface area (Å²) in [6, 6.07) is 0.304. The Balaban J connectivity index is 1.83. The van der Waals surface area contributed by atoms with Gasteiger partial charge in [-0.05, 0) is 19.8 Å². The number of aliphatic hydroxyl groups is 1. The number of aliphatic hydroxyl groups excluding tert-OH is 1. The minimum Gasteiger partial charge on any atom is -0.507 e. The third kappa shape index (κ3) is 3.39. The molecule has 134 valence electrons. The summed E-state index contributed by atoms with van der Waals surface area (Å²) in [7, 11) is 0. The second-order valence-corrected chi connectivity index (χ2v) is 6.89. The summed E-state index contributed by atoms with van der Waals surface area (Å²) >= 11 is 0. The summed E-state index contributed by atoms with van der Waals surface area (Å²) in [4.78, 5) is 0. The monoisotopic (exact) mass is 337 g/mol. The number of nitrogens with one attached hydrogen (secondary N) is 1. The van der Waals surface area contributed by atoms with Crippen molar-refractivity contribution in [2.24, 2.45) is 0 Å². The normalized spacial score (nSPS) is 20.1. The summed E-state index contributed by atoms with van der Waals surface area (Å²) in [6.07, 6.45) is 1.71. The molecule has 6 heteroatoms. The van der Waals surface area contributed by atoms with Gasteiger partial charge in [0.2, 0.25) is 5.75 Å². The highest BCUT2D eigenvalue weighted by atomic mass is 16.6. The molecule has 2 atom stereocenters. The molecule has 0 fully saturated rings. The van der Waals surface area contributed by atoms with Crippen LogP contribution in [-0.2, 0) is 12.8 Å². The fourth-order valence-electron chi connectivity index (χ4n) is 3.12. The van der Waals surface area contributed by atoms with Crippen molar-refractivity contribution in [3.63, 3.8) is 0 Å². The molecule has 0 bridgehead atoms. The van der Waals surface area contributed by atoms with E-state index >= 15 is 0 Å². The number of fused-ring (bicyclic) bond motifs is 2. The lowest BCUT2D eigenvalue weighted by atomic mass is 9.97. The topological polar surface area (TPSA) is 80.2 Å². The molecule has 3 rings (SSSR count). The summed E-state index contributed by atoms with van der Waals surface area (Å²) < 4.78 is 17.5.